The van der Waals surface area contributed by atoms with E-state index < -0.39 is 0 Å². The zero-order valence-corrected chi connectivity index (χ0v) is 15.8. The van der Waals surface area contributed by atoms with Crippen LogP contribution >= 0.6 is 24.0 Å². The minimum Gasteiger partial charge on any atom is -0.460 e. The van der Waals surface area contributed by atoms with Gasteiger partial charge in [0.05, 0.1) is 6.26 Å². The van der Waals surface area contributed by atoms with Gasteiger partial charge in [-0.25, -0.2) is 0 Å². The van der Waals surface area contributed by atoms with Crippen LogP contribution in [0, 0.1) is 0 Å². The number of rotatable bonds is 4. The molecule has 0 aliphatic heterocycles. The fraction of sp³-hybridized carbons (Fsp3) is 0. The summed E-state index contributed by atoms with van der Waals surface area (Å²) in [6, 6.07) is 23.4. The van der Waals surface area contributed by atoms with Crippen molar-refractivity contribution in [2.45, 2.75) is 0 Å². The number of allylic oxidation sites excluding steroid dienone is 1. The monoisotopic (exact) mass is 394 g/mol. The third-order valence-corrected chi connectivity index (χ3v) is 4.48. The first-order chi connectivity index (χ1) is 12.7. The van der Waals surface area contributed by atoms with Crippen molar-refractivity contribution >= 4 is 46.6 Å². The molecule has 3 aromatic carbocycles. The predicted octanol–water partition coefficient (Wildman–Crippen LogP) is 7.07. The van der Waals surface area contributed by atoms with E-state index in [1.54, 1.807) is 24.5 Å². The van der Waals surface area contributed by atoms with E-state index in [2.05, 4.69) is 12.1 Å². The maximum atomic E-state index is 12.5. The lowest BCUT2D eigenvalue weighted by atomic mass is 10.0. The van der Waals surface area contributed by atoms with Gasteiger partial charge in [0.1, 0.15) is 0 Å². The molecule has 0 N–H and O–H groups in total. The van der Waals surface area contributed by atoms with Crippen LogP contribution in [0.3, 0.4) is 0 Å². The molecule has 0 aliphatic rings. The normalized spacial score (nSPS) is 10.9. The van der Waals surface area contributed by atoms with Crippen molar-refractivity contribution in [3.8, 4) is 11.1 Å². The summed E-state index contributed by atoms with van der Waals surface area (Å²) in [5.41, 5.74) is 3.13. The smallest absolute Gasteiger partial charge is 0.221 e. The molecular weight excluding hydrogens is 379 g/mol. The van der Waals surface area contributed by atoms with Crippen molar-refractivity contribution in [1.82, 2.24) is 0 Å². The highest BCUT2D eigenvalue weighted by Gasteiger charge is 2.13. The molecule has 1 aromatic heterocycles. The van der Waals surface area contributed by atoms with Gasteiger partial charge >= 0.3 is 0 Å². The third kappa shape index (κ3) is 4.13. The SMILES string of the molecule is Cl.O=C(C=Cc1ccc(Cl)cc1)c1occ2cc(-c3ccccc3)ccc12. The van der Waals surface area contributed by atoms with Gasteiger partial charge in [-0.1, -0.05) is 66.2 Å². The molecule has 0 spiro atoms. The molecule has 134 valence electrons. The Bertz CT molecular complexity index is 1090. The van der Waals surface area contributed by atoms with Crippen molar-refractivity contribution < 1.29 is 9.21 Å². The lowest BCUT2D eigenvalue weighted by Crippen LogP contribution is -1.92. The van der Waals surface area contributed by atoms with Gasteiger partial charge in [0.25, 0.3) is 0 Å². The summed E-state index contributed by atoms with van der Waals surface area (Å²) in [7, 11) is 0. The number of furan rings is 1. The lowest BCUT2D eigenvalue weighted by molar-refractivity contribution is 0.102. The number of benzene rings is 3. The standard InChI is InChI=1S/C23H15ClO2.ClH/c24-20-10-6-16(7-11-20)8-13-22(25)23-21-12-9-18(14-19(21)15-26-23)17-4-2-1-3-5-17;/h1-15H;1H. The molecule has 0 fully saturated rings. The van der Waals surface area contributed by atoms with E-state index in [4.69, 9.17) is 16.0 Å². The van der Waals surface area contributed by atoms with Crippen LogP contribution in [-0.2, 0) is 0 Å². The molecule has 0 amide bonds. The van der Waals surface area contributed by atoms with Gasteiger partial charge in [-0.2, -0.15) is 0 Å². The first-order valence-corrected chi connectivity index (χ1v) is 8.63. The Kier molecular flexibility index (Phi) is 5.80. The van der Waals surface area contributed by atoms with Crippen molar-refractivity contribution in [3.63, 3.8) is 0 Å². The number of hydrogen-bond donors (Lipinski definition) is 0. The van der Waals surface area contributed by atoms with E-state index in [9.17, 15) is 4.79 Å². The maximum absolute atomic E-state index is 12.5. The second kappa shape index (κ2) is 8.26. The molecule has 0 saturated heterocycles. The molecule has 0 bridgehead atoms. The lowest BCUT2D eigenvalue weighted by Gasteiger charge is -2.01. The number of hydrogen-bond acceptors (Lipinski definition) is 2. The number of ketones is 1. The number of carbonyl (C=O) groups is 1. The molecule has 1 heterocycles. The highest BCUT2D eigenvalue weighted by Crippen LogP contribution is 2.28. The quantitative estimate of drug-likeness (QED) is 0.273. The summed E-state index contributed by atoms with van der Waals surface area (Å²) in [6.45, 7) is 0. The molecule has 0 unspecified atom stereocenters. The van der Waals surface area contributed by atoms with Gasteiger partial charge in [0.15, 0.2) is 5.76 Å². The molecular formula is C23H16Cl2O2. The highest BCUT2D eigenvalue weighted by molar-refractivity contribution is 6.30. The van der Waals surface area contributed by atoms with Crippen LogP contribution in [0.5, 0.6) is 0 Å². The average molecular weight is 395 g/mol. The Morgan fingerprint density at radius 1 is 0.889 bits per heavy atom. The van der Waals surface area contributed by atoms with E-state index >= 15 is 0 Å². The van der Waals surface area contributed by atoms with Crippen LogP contribution in [-0.4, -0.2) is 5.78 Å². The molecule has 0 radical (unpaired) electrons. The van der Waals surface area contributed by atoms with Crippen LogP contribution < -0.4 is 0 Å². The predicted molar refractivity (Wildman–Crippen MR) is 114 cm³/mol. The van der Waals surface area contributed by atoms with Gasteiger partial charge < -0.3 is 4.42 Å². The minimum absolute atomic E-state index is 0. The van der Waals surface area contributed by atoms with Gasteiger partial charge in [-0.05, 0) is 47.0 Å². The van der Waals surface area contributed by atoms with E-state index in [0.29, 0.717) is 10.8 Å². The van der Waals surface area contributed by atoms with Crippen molar-refractivity contribution in [1.29, 1.82) is 0 Å². The fourth-order valence-electron chi connectivity index (χ4n) is 2.88. The van der Waals surface area contributed by atoms with Crippen LogP contribution in [0.15, 0.2) is 89.6 Å². The van der Waals surface area contributed by atoms with Gasteiger partial charge in [0, 0.05) is 15.8 Å². The molecule has 4 rings (SSSR count). The summed E-state index contributed by atoms with van der Waals surface area (Å²) in [5, 5.41) is 2.39. The van der Waals surface area contributed by atoms with Crippen molar-refractivity contribution in [2.75, 3.05) is 0 Å². The second-order valence-electron chi connectivity index (χ2n) is 5.98. The van der Waals surface area contributed by atoms with Gasteiger partial charge in [0.2, 0.25) is 5.78 Å². The summed E-state index contributed by atoms with van der Waals surface area (Å²) in [6.07, 6.45) is 4.91. The molecule has 4 aromatic rings. The highest BCUT2D eigenvalue weighted by atomic mass is 35.5. The van der Waals surface area contributed by atoms with E-state index in [1.165, 1.54) is 6.08 Å². The third-order valence-electron chi connectivity index (χ3n) is 4.23. The zero-order valence-electron chi connectivity index (χ0n) is 14.3. The van der Waals surface area contributed by atoms with Crippen molar-refractivity contribution in [2.24, 2.45) is 0 Å². The van der Waals surface area contributed by atoms with E-state index in [1.807, 2.05) is 48.5 Å². The summed E-state index contributed by atoms with van der Waals surface area (Å²) < 4.78 is 5.55. The average Bonchev–Trinajstić information content (AvgIpc) is 3.11. The maximum Gasteiger partial charge on any atom is 0.221 e. The van der Waals surface area contributed by atoms with Crippen LogP contribution in [0.4, 0.5) is 0 Å². The molecule has 4 heteroatoms. The Balaban J connectivity index is 0.00000210. The summed E-state index contributed by atoms with van der Waals surface area (Å²) in [5.74, 6) is 0.187. The number of fused-ring (bicyclic) bond motifs is 1. The fourth-order valence-corrected chi connectivity index (χ4v) is 3.00. The Morgan fingerprint density at radius 2 is 1.63 bits per heavy atom. The minimum atomic E-state index is -0.164. The van der Waals surface area contributed by atoms with Gasteiger partial charge in [-0.3, -0.25) is 4.79 Å². The van der Waals surface area contributed by atoms with Crippen LogP contribution in [0.25, 0.3) is 28.0 Å². The first-order valence-electron chi connectivity index (χ1n) is 8.25. The van der Waals surface area contributed by atoms with E-state index in [-0.39, 0.29) is 18.2 Å². The van der Waals surface area contributed by atoms with E-state index in [0.717, 1.165) is 27.5 Å². The Labute approximate surface area is 168 Å². The summed E-state index contributed by atoms with van der Waals surface area (Å²) >= 11 is 5.87. The molecule has 2 nitrogen and oxygen atoms in total. The summed E-state index contributed by atoms with van der Waals surface area (Å²) in [4.78, 5) is 12.5. The Morgan fingerprint density at radius 3 is 2.37 bits per heavy atom. The molecule has 27 heavy (non-hydrogen) atoms. The largest absolute Gasteiger partial charge is 0.460 e. The number of carbonyl (C=O) groups excluding carboxylic acids is 1. The molecule has 0 aliphatic carbocycles. The van der Waals surface area contributed by atoms with Crippen LogP contribution in [0.2, 0.25) is 5.02 Å². The zero-order chi connectivity index (χ0) is 17.9. The second-order valence-corrected chi connectivity index (χ2v) is 6.42. The van der Waals surface area contributed by atoms with Crippen LogP contribution in [0.1, 0.15) is 16.1 Å². The van der Waals surface area contributed by atoms with Crippen molar-refractivity contribution in [3.05, 3.63) is 101 Å². The topological polar surface area (TPSA) is 30.2 Å². The van der Waals surface area contributed by atoms with Gasteiger partial charge in [-0.15, -0.1) is 12.4 Å². The Hall–Kier alpha value is -2.81. The number of halogens is 2. The molecule has 0 saturated carbocycles. The molecule has 0 atom stereocenters. The first kappa shape index (κ1) is 19.0.